The monoisotopic (exact) mass is 496 g/mol. The van der Waals surface area contributed by atoms with Crippen molar-refractivity contribution in [3.63, 3.8) is 0 Å². The third kappa shape index (κ3) is 5.61. The van der Waals surface area contributed by atoms with E-state index in [0.717, 1.165) is 16.8 Å². The van der Waals surface area contributed by atoms with E-state index >= 15 is 0 Å². The summed E-state index contributed by atoms with van der Waals surface area (Å²) in [6.45, 7) is 5.21. The smallest absolute Gasteiger partial charge is 0.253 e. The van der Waals surface area contributed by atoms with Crippen LogP contribution in [-0.4, -0.2) is 49.8 Å². The van der Waals surface area contributed by atoms with E-state index in [1.165, 1.54) is 11.8 Å². The van der Waals surface area contributed by atoms with Crippen LogP contribution in [0.1, 0.15) is 36.1 Å². The molecule has 2 amide bonds. The van der Waals surface area contributed by atoms with E-state index in [4.69, 9.17) is 0 Å². The second-order valence-electron chi connectivity index (χ2n) is 6.13. The largest absolute Gasteiger partial charge is 0.342 e. The molecule has 1 unspecified atom stereocenters. The molecule has 11 heteroatoms. The molecule has 2 aromatic rings. The molecule has 2 heterocycles. The molecule has 1 aromatic carbocycles. The average Bonchev–Trinajstić information content (AvgIpc) is 3.35. The summed E-state index contributed by atoms with van der Waals surface area (Å²) >= 11 is 6.25. The second-order valence-corrected chi connectivity index (χ2v) is 9.01. The first-order valence-electron chi connectivity index (χ1n) is 9.08. The van der Waals surface area contributed by atoms with Gasteiger partial charge in [-0.3, -0.25) is 14.6 Å². The zero-order valence-electron chi connectivity index (χ0n) is 16.0. The number of thioether (sulfide) groups is 2. The lowest BCUT2D eigenvalue weighted by Gasteiger charge is -2.15. The average molecular weight is 497 g/mol. The number of amides is 2. The third-order valence-corrected chi connectivity index (χ3v) is 6.63. The number of benzene rings is 1. The Morgan fingerprint density at radius 2 is 2.14 bits per heavy atom. The summed E-state index contributed by atoms with van der Waals surface area (Å²) in [5.41, 5.74) is 0.556. The van der Waals surface area contributed by atoms with Crippen molar-refractivity contribution in [1.82, 2.24) is 25.4 Å². The van der Waals surface area contributed by atoms with Gasteiger partial charge in [-0.2, -0.15) is 0 Å². The standard InChI is InChI=1S/C18H21BrN6O2S2/c1-3-25-15(11(2)21-16(27)12-6-4-5-7-13(12)19)23-24-18(25)29-10-14(26)22-17-20-8-9-28-17/h4-7,11H,3,8-10H2,1-2H3,(H,21,27)(H,20,22,26). The van der Waals surface area contributed by atoms with E-state index in [1.54, 1.807) is 17.8 Å². The van der Waals surface area contributed by atoms with Crippen molar-refractivity contribution >= 4 is 56.4 Å². The number of amidine groups is 1. The molecule has 0 aliphatic carbocycles. The summed E-state index contributed by atoms with van der Waals surface area (Å²) in [6.07, 6.45) is 0. The molecule has 0 radical (unpaired) electrons. The lowest BCUT2D eigenvalue weighted by atomic mass is 10.2. The van der Waals surface area contributed by atoms with Gasteiger partial charge < -0.3 is 15.2 Å². The molecule has 1 atom stereocenters. The maximum atomic E-state index is 12.6. The van der Waals surface area contributed by atoms with E-state index < -0.39 is 0 Å². The van der Waals surface area contributed by atoms with E-state index in [9.17, 15) is 9.59 Å². The molecular weight excluding hydrogens is 476 g/mol. The summed E-state index contributed by atoms with van der Waals surface area (Å²) in [7, 11) is 0. The van der Waals surface area contributed by atoms with Crippen molar-refractivity contribution in [3.05, 3.63) is 40.1 Å². The van der Waals surface area contributed by atoms with Crippen LogP contribution in [0.5, 0.6) is 0 Å². The minimum atomic E-state index is -0.338. The summed E-state index contributed by atoms with van der Waals surface area (Å²) < 4.78 is 2.64. The highest BCUT2D eigenvalue weighted by atomic mass is 79.9. The summed E-state index contributed by atoms with van der Waals surface area (Å²) in [5, 5.41) is 15.5. The number of hydrogen-bond acceptors (Lipinski definition) is 7. The number of halogens is 1. The molecule has 2 N–H and O–H groups in total. The number of nitrogens with zero attached hydrogens (tertiary/aromatic N) is 4. The maximum absolute atomic E-state index is 12.6. The Morgan fingerprint density at radius 3 is 2.83 bits per heavy atom. The van der Waals surface area contributed by atoms with Crippen molar-refractivity contribution in [1.29, 1.82) is 0 Å². The fraction of sp³-hybridized carbons (Fsp3) is 0.389. The zero-order chi connectivity index (χ0) is 20.8. The normalized spacial score (nSPS) is 14.4. The molecule has 1 aromatic heterocycles. The van der Waals surface area contributed by atoms with Crippen LogP contribution in [-0.2, 0) is 11.3 Å². The number of carbonyl (C=O) groups excluding carboxylic acids is 2. The molecule has 8 nitrogen and oxygen atoms in total. The minimum Gasteiger partial charge on any atom is -0.342 e. The van der Waals surface area contributed by atoms with Crippen molar-refractivity contribution in [2.24, 2.45) is 4.99 Å². The molecule has 0 spiro atoms. The molecule has 0 bridgehead atoms. The Kier molecular flexibility index (Phi) is 7.73. The summed E-state index contributed by atoms with van der Waals surface area (Å²) in [6, 6.07) is 6.91. The van der Waals surface area contributed by atoms with Crippen molar-refractivity contribution in [3.8, 4) is 0 Å². The van der Waals surface area contributed by atoms with Gasteiger partial charge in [-0.1, -0.05) is 35.7 Å². The number of aromatic nitrogens is 3. The van der Waals surface area contributed by atoms with Crippen LogP contribution in [0.2, 0.25) is 0 Å². The SMILES string of the molecule is CCn1c(SCC(=O)NC2=NCCS2)nnc1C(C)NC(=O)c1ccccc1Br. The molecular formula is C18H21BrN6O2S2. The molecule has 1 aliphatic heterocycles. The van der Waals surface area contributed by atoms with Gasteiger partial charge in [0, 0.05) is 16.8 Å². The quantitative estimate of drug-likeness (QED) is 0.571. The number of rotatable bonds is 7. The van der Waals surface area contributed by atoms with Gasteiger partial charge in [0.2, 0.25) is 5.91 Å². The number of carbonyl (C=O) groups is 2. The Hall–Kier alpha value is -1.85. The first-order chi connectivity index (χ1) is 14.0. The molecule has 0 fully saturated rings. The molecule has 0 saturated carbocycles. The van der Waals surface area contributed by atoms with Crippen molar-refractivity contribution < 1.29 is 9.59 Å². The first kappa shape index (κ1) is 21.8. The fourth-order valence-electron chi connectivity index (χ4n) is 2.70. The lowest BCUT2D eigenvalue weighted by Crippen LogP contribution is -2.29. The summed E-state index contributed by atoms with van der Waals surface area (Å²) in [5.74, 6) is 1.45. The van der Waals surface area contributed by atoms with Crippen LogP contribution >= 0.6 is 39.5 Å². The van der Waals surface area contributed by atoms with Gasteiger partial charge >= 0.3 is 0 Å². The predicted molar refractivity (Wildman–Crippen MR) is 119 cm³/mol. The van der Waals surface area contributed by atoms with Crippen molar-refractivity contribution in [2.75, 3.05) is 18.1 Å². The highest BCUT2D eigenvalue weighted by Crippen LogP contribution is 2.22. The van der Waals surface area contributed by atoms with E-state index in [1.807, 2.05) is 36.6 Å². The highest BCUT2D eigenvalue weighted by Gasteiger charge is 2.21. The van der Waals surface area contributed by atoms with Crippen LogP contribution in [0.3, 0.4) is 0 Å². The minimum absolute atomic E-state index is 0.120. The van der Waals surface area contributed by atoms with E-state index in [2.05, 4.69) is 41.8 Å². The highest BCUT2D eigenvalue weighted by molar-refractivity contribution is 9.10. The first-order valence-corrected chi connectivity index (χ1v) is 11.8. The molecule has 29 heavy (non-hydrogen) atoms. The molecule has 3 rings (SSSR count). The maximum Gasteiger partial charge on any atom is 0.253 e. The van der Waals surface area contributed by atoms with Gasteiger partial charge in [0.15, 0.2) is 16.1 Å². The van der Waals surface area contributed by atoms with Crippen molar-refractivity contribution in [2.45, 2.75) is 31.6 Å². The van der Waals surface area contributed by atoms with Crippen LogP contribution < -0.4 is 10.6 Å². The predicted octanol–water partition coefficient (Wildman–Crippen LogP) is 2.86. The molecule has 154 valence electrons. The Balaban J connectivity index is 1.62. The second kappa shape index (κ2) is 10.3. The van der Waals surface area contributed by atoms with Gasteiger partial charge in [0.1, 0.15) is 0 Å². The molecule has 0 saturated heterocycles. The fourth-order valence-corrected chi connectivity index (χ4v) is 4.72. The zero-order valence-corrected chi connectivity index (χ0v) is 19.2. The van der Waals surface area contributed by atoms with Crippen LogP contribution in [0.25, 0.3) is 0 Å². The van der Waals surface area contributed by atoms with Gasteiger partial charge in [-0.25, -0.2) is 0 Å². The van der Waals surface area contributed by atoms with Gasteiger partial charge in [-0.15, -0.1) is 10.2 Å². The summed E-state index contributed by atoms with van der Waals surface area (Å²) in [4.78, 5) is 28.9. The van der Waals surface area contributed by atoms with Gasteiger partial charge in [-0.05, 0) is 41.9 Å². The van der Waals surface area contributed by atoms with Crippen LogP contribution in [0.4, 0.5) is 0 Å². The third-order valence-electron chi connectivity index (χ3n) is 4.08. The van der Waals surface area contributed by atoms with Crippen LogP contribution in [0.15, 0.2) is 38.9 Å². The van der Waals surface area contributed by atoms with Gasteiger partial charge in [0.25, 0.3) is 5.91 Å². The lowest BCUT2D eigenvalue weighted by molar-refractivity contribution is -0.117. The van der Waals surface area contributed by atoms with E-state index in [0.29, 0.717) is 28.3 Å². The molecule has 1 aliphatic rings. The number of hydrogen-bond donors (Lipinski definition) is 2. The Bertz CT molecular complexity index is 933. The Labute approximate surface area is 185 Å². The van der Waals surface area contributed by atoms with Gasteiger partial charge in [0.05, 0.1) is 23.9 Å². The van der Waals surface area contributed by atoms with E-state index in [-0.39, 0.29) is 23.6 Å². The number of nitrogens with one attached hydrogen (secondary N) is 2. The number of aliphatic imine (C=N–C) groups is 1. The Morgan fingerprint density at radius 1 is 1.34 bits per heavy atom. The van der Waals surface area contributed by atoms with Crippen LogP contribution in [0, 0.1) is 0 Å². The topological polar surface area (TPSA) is 101 Å².